The topological polar surface area (TPSA) is 217 Å². The Morgan fingerprint density at radius 1 is 0.591 bits per heavy atom. The van der Waals surface area contributed by atoms with Crippen LogP contribution in [0.2, 0.25) is 0 Å². The molecular formula is C54H80O12. The van der Waals surface area contributed by atoms with Gasteiger partial charge in [0.15, 0.2) is 34.7 Å². The molecule has 0 heterocycles. The molecule has 2 fully saturated rings. The molecule has 4 aliphatic carbocycles. The Bertz CT molecular complexity index is 1960. The molecule has 66 heavy (non-hydrogen) atoms. The van der Waals surface area contributed by atoms with Gasteiger partial charge < -0.3 is 20.4 Å². The Labute approximate surface area is 393 Å². The molecule has 0 radical (unpaired) electrons. The maximum Gasteiger partial charge on any atom is 0.183 e. The molecule has 0 aliphatic heterocycles. The Hall–Kier alpha value is -4.16. The standard InChI is InChI=1S/2C27H40O6/c2*1-8-17(4)21(29)20-22(30)25(6,13-11-16(2)3)24(32)27(23(20)31,14-18(5)28)15-19-10-9-12-26(19,7)33/h2*11,17,19,30,33H,8-10,12-15H2,1-7H3/t2*17-,19-,25+,26-,27-/m11/s1. The molecule has 0 aromatic rings. The quantitative estimate of drug-likeness (QED) is 0.0574. The van der Waals surface area contributed by atoms with Crippen molar-refractivity contribution in [3.8, 4) is 0 Å². The van der Waals surface area contributed by atoms with Crippen molar-refractivity contribution in [3.05, 3.63) is 46.0 Å². The third-order valence-corrected chi connectivity index (χ3v) is 15.7. The maximum absolute atomic E-state index is 14.2. The van der Waals surface area contributed by atoms with Gasteiger partial charge in [-0.15, -0.1) is 0 Å². The van der Waals surface area contributed by atoms with E-state index in [4.69, 9.17) is 0 Å². The molecule has 0 aromatic carbocycles. The van der Waals surface area contributed by atoms with Gasteiger partial charge >= 0.3 is 0 Å². The monoisotopic (exact) mass is 921 g/mol. The molecule has 0 aromatic heterocycles. The highest BCUT2D eigenvalue weighted by atomic mass is 16.3. The van der Waals surface area contributed by atoms with Crippen molar-refractivity contribution in [1.29, 1.82) is 0 Å². The van der Waals surface area contributed by atoms with Gasteiger partial charge in [0.05, 0.1) is 22.0 Å². The lowest BCUT2D eigenvalue weighted by atomic mass is 9.54. The third kappa shape index (κ3) is 10.9. The van der Waals surface area contributed by atoms with Crippen molar-refractivity contribution in [3.63, 3.8) is 0 Å². The lowest BCUT2D eigenvalue weighted by Gasteiger charge is -2.45. The average Bonchev–Trinajstić information content (AvgIpc) is 3.75. The van der Waals surface area contributed by atoms with Gasteiger partial charge in [0.25, 0.3) is 0 Å². The zero-order valence-corrected chi connectivity index (χ0v) is 42.4. The van der Waals surface area contributed by atoms with E-state index in [1.165, 1.54) is 13.8 Å². The van der Waals surface area contributed by atoms with Gasteiger partial charge in [-0.1, -0.05) is 63.8 Å². The van der Waals surface area contributed by atoms with Gasteiger partial charge in [-0.3, -0.25) is 38.4 Å². The summed E-state index contributed by atoms with van der Waals surface area (Å²) in [5.74, 6) is -7.00. The highest BCUT2D eigenvalue weighted by Crippen LogP contribution is 2.56. The number of carbonyl (C=O) groups excluding carboxylic acids is 8. The van der Waals surface area contributed by atoms with E-state index in [1.54, 1.807) is 53.7 Å². The van der Waals surface area contributed by atoms with Crippen LogP contribution in [-0.2, 0) is 38.4 Å². The van der Waals surface area contributed by atoms with Gasteiger partial charge in [-0.05, 0) is 145 Å². The largest absolute Gasteiger partial charge is 0.510 e. The van der Waals surface area contributed by atoms with Crippen LogP contribution in [0.25, 0.3) is 0 Å². The first-order valence-electron chi connectivity index (χ1n) is 24.1. The van der Waals surface area contributed by atoms with Crippen LogP contribution in [0.15, 0.2) is 46.0 Å². The lowest BCUT2D eigenvalue weighted by molar-refractivity contribution is -0.155. The first-order valence-corrected chi connectivity index (χ1v) is 24.1. The van der Waals surface area contributed by atoms with Gasteiger partial charge in [0.1, 0.15) is 45.1 Å². The number of Topliss-reactive ketones (excluding diaryl/α,β-unsaturated/α-hetero) is 8. The van der Waals surface area contributed by atoms with Crippen LogP contribution in [-0.4, -0.2) is 77.9 Å². The molecule has 0 unspecified atom stereocenters. The van der Waals surface area contributed by atoms with Crippen LogP contribution < -0.4 is 0 Å². The molecule has 4 aliphatic rings. The molecule has 4 N–H and O–H groups in total. The number of carbonyl (C=O) groups is 8. The van der Waals surface area contributed by atoms with Crippen LogP contribution in [0.3, 0.4) is 0 Å². The van der Waals surface area contributed by atoms with E-state index in [9.17, 15) is 58.8 Å². The van der Waals surface area contributed by atoms with Crippen molar-refractivity contribution in [1.82, 2.24) is 0 Å². The van der Waals surface area contributed by atoms with Crippen molar-refractivity contribution in [2.75, 3.05) is 0 Å². The van der Waals surface area contributed by atoms with Crippen molar-refractivity contribution in [2.45, 2.75) is 198 Å². The minimum Gasteiger partial charge on any atom is -0.510 e. The van der Waals surface area contributed by atoms with Crippen molar-refractivity contribution >= 4 is 46.3 Å². The number of aliphatic hydroxyl groups is 4. The Morgan fingerprint density at radius 3 is 1.12 bits per heavy atom. The molecule has 10 atom stereocenters. The number of ketones is 8. The molecule has 4 rings (SSSR count). The third-order valence-electron chi connectivity index (χ3n) is 15.7. The summed E-state index contributed by atoms with van der Waals surface area (Å²) in [5.41, 5.74) is -7.53. The van der Waals surface area contributed by atoms with E-state index in [-0.39, 0.29) is 73.1 Å². The molecule has 0 bridgehead atoms. The van der Waals surface area contributed by atoms with Gasteiger partial charge in [-0.25, -0.2) is 0 Å². The first kappa shape index (κ1) is 56.2. The number of aliphatic hydroxyl groups excluding tert-OH is 2. The Morgan fingerprint density at radius 2 is 0.894 bits per heavy atom. The predicted octanol–water partition coefficient (Wildman–Crippen LogP) is 9.67. The fourth-order valence-electron chi connectivity index (χ4n) is 10.9. The minimum absolute atomic E-state index is 0.00771. The molecule has 0 amide bonds. The van der Waals surface area contributed by atoms with Crippen molar-refractivity contribution in [2.24, 2.45) is 45.3 Å². The van der Waals surface area contributed by atoms with Gasteiger partial charge in [0.2, 0.25) is 0 Å². The van der Waals surface area contributed by atoms with E-state index in [0.717, 1.165) is 24.0 Å². The molecule has 12 nitrogen and oxygen atoms in total. The summed E-state index contributed by atoms with van der Waals surface area (Å²) in [6.07, 6.45) is 7.94. The van der Waals surface area contributed by atoms with E-state index in [1.807, 2.05) is 41.5 Å². The summed E-state index contributed by atoms with van der Waals surface area (Å²) in [6.45, 7) is 23.7. The van der Waals surface area contributed by atoms with Crippen LogP contribution in [0.4, 0.5) is 0 Å². The molecule has 368 valence electrons. The second-order valence-electron chi connectivity index (χ2n) is 22.0. The van der Waals surface area contributed by atoms with E-state index in [0.29, 0.717) is 38.5 Å². The van der Waals surface area contributed by atoms with Crippen LogP contribution in [0.1, 0.15) is 187 Å². The minimum atomic E-state index is -1.78. The maximum atomic E-state index is 14.2. The van der Waals surface area contributed by atoms with E-state index in [2.05, 4.69) is 0 Å². The molecule has 0 saturated heterocycles. The summed E-state index contributed by atoms with van der Waals surface area (Å²) in [4.78, 5) is 108. The van der Waals surface area contributed by atoms with E-state index < -0.39 is 90.9 Å². The SMILES string of the molecule is CC[C@@H](C)C(=O)C1=C(O)[C@](C)(CC=C(C)C)C(=O)[C@](CC(C)=O)(C[C@H]2CCC[C@@]2(C)O)C1=O.CC[C@@H](C)C(=O)C1=C(O)[C@](C)(CC=C(C)C)C(=O)[C@](CC(C)=O)(C[C@H]2CCC[C@@]2(C)O)C1=O. The summed E-state index contributed by atoms with van der Waals surface area (Å²) >= 11 is 0. The Balaban J connectivity index is 0.000000350. The molecule has 0 spiro atoms. The summed E-state index contributed by atoms with van der Waals surface area (Å²) < 4.78 is 0. The van der Waals surface area contributed by atoms with Crippen LogP contribution in [0, 0.1) is 45.3 Å². The number of rotatable bonds is 18. The zero-order chi connectivity index (χ0) is 50.7. The smallest absolute Gasteiger partial charge is 0.183 e. The van der Waals surface area contributed by atoms with Crippen molar-refractivity contribution < 1.29 is 58.8 Å². The fraction of sp³-hybridized carbons (Fsp3) is 0.704. The predicted molar refractivity (Wildman–Crippen MR) is 253 cm³/mol. The number of hydrogen-bond acceptors (Lipinski definition) is 12. The average molecular weight is 921 g/mol. The highest BCUT2D eigenvalue weighted by molar-refractivity contribution is 6.33. The normalized spacial score (nSPS) is 33.3. The van der Waals surface area contributed by atoms with Crippen LogP contribution in [0.5, 0.6) is 0 Å². The van der Waals surface area contributed by atoms with Crippen LogP contribution >= 0.6 is 0 Å². The summed E-state index contributed by atoms with van der Waals surface area (Å²) in [5, 5.41) is 44.3. The first-order chi connectivity index (χ1) is 30.3. The van der Waals surface area contributed by atoms with E-state index >= 15 is 0 Å². The lowest BCUT2D eigenvalue weighted by Crippen LogP contribution is -2.56. The second-order valence-corrected chi connectivity index (χ2v) is 22.0. The van der Waals surface area contributed by atoms with Gasteiger partial charge in [0, 0.05) is 24.7 Å². The molecule has 12 heteroatoms. The second kappa shape index (κ2) is 21.0. The highest BCUT2D eigenvalue weighted by Gasteiger charge is 2.64. The summed E-state index contributed by atoms with van der Waals surface area (Å²) in [6, 6.07) is 0. The fourth-order valence-corrected chi connectivity index (χ4v) is 10.9. The zero-order valence-electron chi connectivity index (χ0n) is 42.4. The molecule has 2 saturated carbocycles. The Kier molecular flexibility index (Phi) is 17.9. The number of hydrogen-bond donors (Lipinski definition) is 4. The molecular weight excluding hydrogens is 841 g/mol. The summed E-state index contributed by atoms with van der Waals surface area (Å²) in [7, 11) is 0. The number of allylic oxidation sites excluding steroid dienone is 8. The van der Waals surface area contributed by atoms with Gasteiger partial charge in [-0.2, -0.15) is 0 Å².